The van der Waals surface area contributed by atoms with Crippen LogP contribution >= 0.6 is 0 Å². The van der Waals surface area contributed by atoms with Gasteiger partial charge in [-0.3, -0.25) is 9.59 Å². The molecule has 0 aliphatic carbocycles. The summed E-state index contributed by atoms with van der Waals surface area (Å²) in [6, 6.07) is 10.4. The van der Waals surface area contributed by atoms with Gasteiger partial charge in [-0.2, -0.15) is 5.10 Å². The number of carbonyl (C=O) groups excluding carboxylic acids is 1. The number of nitrogens with zero attached hydrogens (tertiary/aromatic N) is 4. The molecular weight excluding hydrogens is 377 g/mol. The highest BCUT2D eigenvalue weighted by Crippen LogP contribution is 2.22. The third-order valence-corrected chi connectivity index (χ3v) is 4.71. The lowest BCUT2D eigenvalue weighted by Gasteiger charge is -2.12. The Labute approximate surface area is 165 Å². The summed E-state index contributed by atoms with van der Waals surface area (Å²) in [6.45, 7) is 0.495. The molecule has 1 aliphatic heterocycles. The molecule has 2 atom stereocenters. The minimum absolute atomic E-state index is 0.0820. The predicted octanol–water partition coefficient (Wildman–Crippen LogP) is 0.292. The van der Waals surface area contributed by atoms with Crippen LogP contribution in [0.15, 0.2) is 59.7 Å². The number of halogens is 1. The molecule has 0 saturated carbocycles. The first-order chi connectivity index (χ1) is 14.1. The summed E-state index contributed by atoms with van der Waals surface area (Å²) in [4.78, 5) is 24.4. The molecule has 4 rings (SSSR count). The van der Waals surface area contributed by atoms with Gasteiger partial charge in [0, 0.05) is 31.0 Å². The predicted molar refractivity (Wildman–Crippen MR) is 102 cm³/mol. The summed E-state index contributed by atoms with van der Waals surface area (Å²) in [7, 11) is 0. The molecule has 2 aromatic heterocycles. The van der Waals surface area contributed by atoms with Gasteiger partial charge in [-0.15, -0.1) is 5.10 Å². The maximum atomic E-state index is 13.1. The van der Waals surface area contributed by atoms with Crippen molar-refractivity contribution in [2.45, 2.75) is 25.0 Å². The molecule has 0 radical (unpaired) electrons. The van der Waals surface area contributed by atoms with Gasteiger partial charge in [-0.25, -0.2) is 24.6 Å². The van der Waals surface area contributed by atoms with E-state index in [2.05, 4.69) is 26.4 Å². The lowest BCUT2D eigenvalue weighted by molar-refractivity contribution is -0.122. The van der Waals surface area contributed by atoms with Gasteiger partial charge in [-0.1, -0.05) is 12.1 Å². The lowest BCUT2D eigenvalue weighted by Crippen LogP contribution is -2.44. The van der Waals surface area contributed by atoms with Crippen LogP contribution in [0.5, 0.6) is 0 Å². The first-order valence-corrected chi connectivity index (χ1v) is 9.22. The van der Waals surface area contributed by atoms with Crippen LogP contribution in [-0.2, 0) is 11.3 Å². The van der Waals surface area contributed by atoms with E-state index in [0.717, 1.165) is 5.56 Å². The maximum Gasteiger partial charge on any atom is 0.266 e. The molecule has 29 heavy (non-hydrogen) atoms. The van der Waals surface area contributed by atoms with Crippen molar-refractivity contribution >= 4 is 5.91 Å². The van der Waals surface area contributed by atoms with Crippen LogP contribution in [0.3, 0.4) is 0 Å². The molecule has 1 saturated heterocycles. The molecule has 3 N–H and O–H groups in total. The standard InChI is InChI=1S/C19H20FN7O2/c20-14-4-2-13(3-5-14)15-12-16(24-23-15)19(29)21-9-11-27-18(28)7-6-17(25-27)26-10-1-8-22-26/h1-8,10,15-16,23-24H,9,11-12H2,(H,21,29). The normalized spacial score (nSPS) is 18.7. The van der Waals surface area contributed by atoms with E-state index in [1.807, 2.05) is 0 Å². The molecule has 1 amide bonds. The molecule has 150 valence electrons. The number of hydrazine groups is 1. The fourth-order valence-electron chi connectivity index (χ4n) is 3.17. The summed E-state index contributed by atoms with van der Waals surface area (Å²) in [5.41, 5.74) is 6.65. The average molecular weight is 397 g/mol. The fraction of sp³-hybridized carbons (Fsp3) is 0.263. The van der Waals surface area contributed by atoms with Gasteiger partial charge in [0.25, 0.3) is 5.56 Å². The Balaban J connectivity index is 1.31. The first-order valence-electron chi connectivity index (χ1n) is 9.22. The molecule has 3 heterocycles. The maximum absolute atomic E-state index is 13.1. The highest BCUT2D eigenvalue weighted by Gasteiger charge is 2.29. The van der Waals surface area contributed by atoms with Gasteiger partial charge in [0.05, 0.1) is 6.54 Å². The number of amides is 1. The van der Waals surface area contributed by atoms with E-state index in [-0.39, 0.29) is 36.4 Å². The molecular formula is C19H20FN7O2. The van der Waals surface area contributed by atoms with Crippen LogP contribution in [0.25, 0.3) is 5.82 Å². The van der Waals surface area contributed by atoms with E-state index in [0.29, 0.717) is 12.2 Å². The van der Waals surface area contributed by atoms with Crippen LogP contribution in [-0.4, -0.2) is 38.1 Å². The third kappa shape index (κ3) is 4.39. The Morgan fingerprint density at radius 1 is 1.21 bits per heavy atom. The molecule has 0 spiro atoms. The van der Waals surface area contributed by atoms with Gasteiger partial charge in [0.2, 0.25) is 5.91 Å². The van der Waals surface area contributed by atoms with Crippen molar-refractivity contribution < 1.29 is 9.18 Å². The van der Waals surface area contributed by atoms with Gasteiger partial charge < -0.3 is 5.32 Å². The number of carbonyl (C=O) groups is 1. The van der Waals surface area contributed by atoms with E-state index in [1.165, 1.54) is 22.9 Å². The Morgan fingerprint density at radius 3 is 2.79 bits per heavy atom. The second-order valence-corrected chi connectivity index (χ2v) is 6.68. The van der Waals surface area contributed by atoms with E-state index in [1.54, 1.807) is 41.3 Å². The molecule has 9 nitrogen and oxygen atoms in total. The zero-order chi connectivity index (χ0) is 20.2. The number of benzene rings is 1. The van der Waals surface area contributed by atoms with Crippen molar-refractivity contribution in [2.75, 3.05) is 6.54 Å². The second-order valence-electron chi connectivity index (χ2n) is 6.68. The summed E-state index contributed by atoms with van der Waals surface area (Å²) >= 11 is 0. The number of nitrogens with one attached hydrogen (secondary N) is 3. The average Bonchev–Trinajstić information content (AvgIpc) is 3.42. The van der Waals surface area contributed by atoms with E-state index in [9.17, 15) is 14.0 Å². The molecule has 3 aromatic rings. The highest BCUT2D eigenvalue weighted by atomic mass is 19.1. The fourth-order valence-corrected chi connectivity index (χ4v) is 3.17. The minimum Gasteiger partial charge on any atom is -0.353 e. The highest BCUT2D eigenvalue weighted by molar-refractivity contribution is 5.82. The van der Waals surface area contributed by atoms with Crippen LogP contribution < -0.4 is 21.7 Å². The quantitative estimate of drug-likeness (QED) is 0.552. The monoisotopic (exact) mass is 397 g/mol. The Morgan fingerprint density at radius 2 is 2.03 bits per heavy atom. The Bertz CT molecular complexity index is 1030. The van der Waals surface area contributed by atoms with Gasteiger partial charge in [0.15, 0.2) is 5.82 Å². The SMILES string of the molecule is O=C(NCCn1nc(-n2cccn2)ccc1=O)C1CC(c2ccc(F)cc2)NN1. The topological polar surface area (TPSA) is 106 Å². The molecule has 2 unspecified atom stereocenters. The zero-order valence-electron chi connectivity index (χ0n) is 15.5. The Hall–Kier alpha value is -3.37. The smallest absolute Gasteiger partial charge is 0.266 e. The minimum atomic E-state index is -0.426. The molecule has 1 fully saturated rings. The lowest BCUT2D eigenvalue weighted by atomic mass is 10.0. The largest absolute Gasteiger partial charge is 0.353 e. The molecule has 0 bridgehead atoms. The number of rotatable bonds is 6. The van der Waals surface area contributed by atoms with Crippen LogP contribution in [0, 0.1) is 5.82 Å². The second kappa shape index (κ2) is 8.33. The van der Waals surface area contributed by atoms with E-state index >= 15 is 0 Å². The van der Waals surface area contributed by atoms with Crippen molar-refractivity contribution in [1.82, 2.24) is 35.7 Å². The van der Waals surface area contributed by atoms with Gasteiger partial charge >= 0.3 is 0 Å². The molecule has 1 aliphatic rings. The van der Waals surface area contributed by atoms with Gasteiger partial charge in [-0.05, 0) is 36.2 Å². The van der Waals surface area contributed by atoms with Crippen molar-refractivity contribution in [3.05, 3.63) is 76.6 Å². The summed E-state index contributed by atoms with van der Waals surface area (Å²) in [5.74, 6) is 0.0394. The zero-order valence-corrected chi connectivity index (χ0v) is 15.5. The number of aromatic nitrogens is 4. The van der Waals surface area contributed by atoms with Crippen molar-refractivity contribution in [1.29, 1.82) is 0 Å². The third-order valence-electron chi connectivity index (χ3n) is 4.71. The first kappa shape index (κ1) is 19.0. The summed E-state index contributed by atoms with van der Waals surface area (Å²) < 4.78 is 15.9. The number of hydrogen-bond acceptors (Lipinski definition) is 6. The van der Waals surface area contributed by atoms with E-state index in [4.69, 9.17) is 0 Å². The van der Waals surface area contributed by atoms with Crippen molar-refractivity contribution in [3.8, 4) is 5.82 Å². The van der Waals surface area contributed by atoms with E-state index < -0.39 is 6.04 Å². The molecule has 1 aromatic carbocycles. The van der Waals surface area contributed by atoms with Gasteiger partial charge in [0.1, 0.15) is 11.9 Å². The van der Waals surface area contributed by atoms with Crippen LogP contribution in [0.2, 0.25) is 0 Å². The Kier molecular flexibility index (Phi) is 5.45. The number of hydrogen-bond donors (Lipinski definition) is 3. The van der Waals surface area contributed by atoms with Crippen molar-refractivity contribution in [2.24, 2.45) is 0 Å². The molecule has 10 heteroatoms. The summed E-state index contributed by atoms with van der Waals surface area (Å²) in [5, 5.41) is 11.2. The van der Waals surface area contributed by atoms with Crippen molar-refractivity contribution in [3.63, 3.8) is 0 Å². The van der Waals surface area contributed by atoms with Crippen LogP contribution in [0.4, 0.5) is 4.39 Å². The summed E-state index contributed by atoms with van der Waals surface area (Å²) in [6.07, 6.45) is 3.89. The van der Waals surface area contributed by atoms with Crippen LogP contribution in [0.1, 0.15) is 18.0 Å².